The average molecular weight is 213 g/mol. The summed E-state index contributed by atoms with van der Waals surface area (Å²) in [5.74, 6) is 0. The summed E-state index contributed by atoms with van der Waals surface area (Å²) in [6.07, 6.45) is 1.43. The van der Waals surface area contributed by atoms with Gasteiger partial charge in [-0.3, -0.25) is 0 Å². The maximum Gasteiger partial charge on any atom is 0.0894 e. The second-order valence-corrected chi connectivity index (χ2v) is 4.06. The van der Waals surface area contributed by atoms with Crippen LogP contribution in [0.2, 0.25) is 5.02 Å². The molecule has 0 unspecified atom stereocenters. The molecule has 1 nitrogen and oxygen atoms in total. The average Bonchev–Trinajstić information content (AvgIpc) is 2.21. The molecule has 0 fully saturated rings. The first-order valence-electron chi connectivity index (χ1n) is 5.03. The van der Waals surface area contributed by atoms with Gasteiger partial charge in [0.2, 0.25) is 0 Å². The van der Waals surface area contributed by atoms with Crippen molar-refractivity contribution < 1.29 is 5.11 Å². The zero-order valence-corrected chi connectivity index (χ0v) is 9.73. The summed E-state index contributed by atoms with van der Waals surface area (Å²) < 4.78 is 0. The SMILES string of the molecule is CCC(O)(CC)c1cccc(Cl)c1C. The highest BCUT2D eigenvalue weighted by molar-refractivity contribution is 6.31. The van der Waals surface area contributed by atoms with Gasteiger partial charge in [0.15, 0.2) is 0 Å². The molecule has 2 heteroatoms. The first kappa shape index (κ1) is 11.5. The molecule has 0 saturated heterocycles. The van der Waals surface area contributed by atoms with Gasteiger partial charge in [-0.25, -0.2) is 0 Å². The fourth-order valence-corrected chi connectivity index (χ4v) is 1.92. The van der Waals surface area contributed by atoms with E-state index in [0.717, 1.165) is 16.1 Å². The largest absolute Gasteiger partial charge is 0.385 e. The van der Waals surface area contributed by atoms with E-state index in [1.807, 2.05) is 39.0 Å². The van der Waals surface area contributed by atoms with Crippen LogP contribution in [-0.2, 0) is 5.60 Å². The van der Waals surface area contributed by atoms with Gasteiger partial charge in [-0.2, -0.15) is 0 Å². The van der Waals surface area contributed by atoms with Crippen molar-refractivity contribution in [3.05, 3.63) is 34.3 Å². The van der Waals surface area contributed by atoms with Crippen molar-refractivity contribution in [2.75, 3.05) is 0 Å². The first-order valence-corrected chi connectivity index (χ1v) is 5.41. The second kappa shape index (κ2) is 4.33. The van der Waals surface area contributed by atoms with Gasteiger partial charge in [-0.15, -0.1) is 0 Å². The van der Waals surface area contributed by atoms with Crippen LogP contribution < -0.4 is 0 Å². The van der Waals surface area contributed by atoms with Crippen LogP contribution in [0.5, 0.6) is 0 Å². The molecule has 0 spiro atoms. The lowest BCUT2D eigenvalue weighted by Crippen LogP contribution is -2.24. The minimum absolute atomic E-state index is 0.713. The van der Waals surface area contributed by atoms with Crippen molar-refractivity contribution >= 4 is 11.6 Å². The highest BCUT2D eigenvalue weighted by Gasteiger charge is 2.26. The van der Waals surface area contributed by atoms with Gasteiger partial charge in [-0.1, -0.05) is 37.6 Å². The molecule has 14 heavy (non-hydrogen) atoms. The monoisotopic (exact) mass is 212 g/mol. The molecule has 1 aromatic rings. The lowest BCUT2D eigenvalue weighted by Gasteiger charge is -2.27. The lowest BCUT2D eigenvalue weighted by molar-refractivity contribution is 0.0278. The molecule has 78 valence electrons. The molecule has 0 bridgehead atoms. The summed E-state index contributed by atoms with van der Waals surface area (Å²) in [4.78, 5) is 0. The van der Waals surface area contributed by atoms with Crippen molar-refractivity contribution in [2.24, 2.45) is 0 Å². The quantitative estimate of drug-likeness (QED) is 0.811. The molecule has 1 rings (SSSR count). The summed E-state index contributed by atoms with van der Waals surface area (Å²) in [7, 11) is 0. The van der Waals surface area contributed by atoms with E-state index in [0.29, 0.717) is 12.8 Å². The highest BCUT2D eigenvalue weighted by Crippen LogP contribution is 2.33. The molecule has 0 aliphatic heterocycles. The predicted molar refractivity (Wildman–Crippen MR) is 60.7 cm³/mol. The maximum absolute atomic E-state index is 10.3. The number of hydrogen-bond acceptors (Lipinski definition) is 1. The second-order valence-electron chi connectivity index (χ2n) is 3.65. The van der Waals surface area contributed by atoms with Crippen molar-refractivity contribution in [3.63, 3.8) is 0 Å². The van der Waals surface area contributed by atoms with Crippen LogP contribution in [-0.4, -0.2) is 5.11 Å². The number of aliphatic hydroxyl groups is 1. The van der Waals surface area contributed by atoms with Crippen molar-refractivity contribution in [2.45, 2.75) is 39.2 Å². The first-order chi connectivity index (χ1) is 6.55. The lowest BCUT2D eigenvalue weighted by atomic mass is 9.86. The Morgan fingerprint density at radius 2 is 1.86 bits per heavy atom. The summed E-state index contributed by atoms with van der Waals surface area (Å²) in [5.41, 5.74) is 1.21. The van der Waals surface area contributed by atoms with Crippen molar-refractivity contribution in [3.8, 4) is 0 Å². The van der Waals surface area contributed by atoms with Crippen LogP contribution in [0.4, 0.5) is 0 Å². The summed E-state index contributed by atoms with van der Waals surface area (Å²) in [5, 5.41) is 11.1. The molecule has 0 amide bonds. The van der Waals surface area contributed by atoms with Gasteiger partial charge in [0.1, 0.15) is 0 Å². The third kappa shape index (κ3) is 1.94. The Hall–Kier alpha value is -0.530. The topological polar surface area (TPSA) is 20.2 Å². The van der Waals surface area contributed by atoms with Crippen LogP contribution in [0.3, 0.4) is 0 Å². The predicted octanol–water partition coefficient (Wildman–Crippen LogP) is 3.66. The molecule has 0 radical (unpaired) electrons. The third-order valence-corrected chi connectivity index (χ3v) is 3.35. The van der Waals surface area contributed by atoms with Crippen LogP contribution >= 0.6 is 11.6 Å². The Kier molecular flexibility index (Phi) is 3.57. The van der Waals surface area contributed by atoms with Crippen molar-refractivity contribution in [1.29, 1.82) is 0 Å². The van der Waals surface area contributed by atoms with E-state index in [1.54, 1.807) is 0 Å². The van der Waals surface area contributed by atoms with E-state index in [9.17, 15) is 5.11 Å². The van der Waals surface area contributed by atoms with Crippen molar-refractivity contribution in [1.82, 2.24) is 0 Å². The van der Waals surface area contributed by atoms with E-state index in [1.165, 1.54) is 0 Å². The van der Waals surface area contributed by atoms with Gasteiger partial charge in [-0.05, 0) is 37.0 Å². The number of halogens is 1. The Labute approximate surface area is 90.7 Å². The molecular weight excluding hydrogens is 196 g/mol. The van der Waals surface area contributed by atoms with Crippen LogP contribution in [0.25, 0.3) is 0 Å². The molecule has 0 aliphatic rings. The van der Waals surface area contributed by atoms with Gasteiger partial charge in [0.05, 0.1) is 5.60 Å². The summed E-state index contributed by atoms with van der Waals surface area (Å²) in [6, 6.07) is 5.70. The van der Waals surface area contributed by atoms with Crippen LogP contribution in [0.1, 0.15) is 37.8 Å². The molecule has 0 atom stereocenters. The molecule has 0 saturated carbocycles. The molecule has 0 aromatic heterocycles. The maximum atomic E-state index is 10.3. The van der Waals surface area contributed by atoms with Gasteiger partial charge < -0.3 is 5.11 Å². The smallest absolute Gasteiger partial charge is 0.0894 e. The fraction of sp³-hybridized carbons (Fsp3) is 0.500. The molecule has 1 aromatic carbocycles. The Morgan fingerprint density at radius 1 is 1.29 bits per heavy atom. The van der Waals surface area contributed by atoms with E-state index in [2.05, 4.69) is 0 Å². The normalized spacial score (nSPS) is 11.8. The number of hydrogen-bond donors (Lipinski definition) is 1. The third-order valence-electron chi connectivity index (χ3n) is 2.94. The number of rotatable bonds is 3. The highest BCUT2D eigenvalue weighted by atomic mass is 35.5. The van der Waals surface area contributed by atoms with E-state index >= 15 is 0 Å². The fourth-order valence-electron chi connectivity index (χ4n) is 1.74. The number of benzene rings is 1. The minimum atomic E-state index is -0.727. The van der Waals surface area contributed by atoms with Gasteiger partial charge in [0, 0.05) is 5.02 Å². The molecule has 0 aliphatic carbocycles. The Bertz CT molecular complexity index is 316. The summed E-state index contributed by atoms with van der Waals surface area (Å²) in [6.45, 7) is 5.93. The van der Waals surface area contributed by atoms with Gasteiger partial charge in [0.25, 0.3) is 0 Å². The van der Waals surface area contributed by atoms with E-state index in [4.69, 9.17) is 11.6 Å². The van der Waals surface area contributed by atoms with Crippen LogP contribution in [0, 0.1) is 6.92 Å². The van der Waals surface area contributed by atoms with E-state index in [-0.39, 0.29) is 0 Å². The Balaban J connectivity index is 3.24. The molecular formula is C12H17ClO. The molecule has 1 N–H and O–H groups in total. The van der Waals surface area contributed by atoms with Gasteiger partial charge >= 0.3 is 0 Å². The zero-order valence-electron chi connectivity index (χ0n) is 8.97. The standard InChI is InChI=1S/C12H17ClO/c1-4-12(14,5-2)10-7-6-8-11(13)9(10)3/h6-8,14H,4-5H2,1-3H3. The zero-order chi connectivity index (χ0) is 10.8. The minimum Gasteiger partial charge on any atom is -0.385 e. The summed E-state index contributed by atoms with van der Waals surface area (Å²) >= 11 is 6.02. The van der Waals surface area contributed by atoms with Crippen LogP contribution in [0.15, 0.2) is 18.2 Å². The Morgan fingerprint density at radius 3 is 2.36 bits per heavy atom. The van der Waals surface area contributed by atoms with E-state index < -0.39 is 5.60 Å². The molecule has 0 heterocycles.